The highest BCUT2D eigenvalue weighted by atomic mass is 32.1. The largest absolute Gasteiger partial charge is 0.375 e. The van der Waals surface area contributed by atoms with Gasteiger partial charge in [0.2, 0.25) is 0 Å². The summed E-state index contributed by atoms with van der Waals surface area (Å²) in [6.45, 7) is 1.88. The van der Waals surface area contributed by atoms with Crippen LogP contribution in [0.4, 0.5) is 5.13 Å². The van der Waals surface area contributed by atoms with Gasteiger partial charge in [0.25, 0.3) is 5.91 Å². The third kappa shape index (κ3) is 3.43. The number of amides is 1. The molecule has 0 aromatic carbocycles. The first-order valence-corrected chi connectivity index (χ1v) is 7.18. The lowest BCUT2D eigenvalue weighted by molar-refractivity contribution is 0.0949. The monoisotopic (exact) mass is 268 g/mol. The van der Waals surface area contributed by atoms with Crippen LogP contribution in [0.1, 0.15) is 35.4 Å². The highest BCUT2D eigenvalue weighted by molar-refractivity contribution is 7.17. The Morgan fingerprint density at radius 2 is 2.50 bits per heavy atom. The molecule has 0 spiro atoms. The summed E-state index contributed by atoms with van der Waals surface area (Å²) in [7, 11) is 2.16. The molecule has 0 aliphatic carbocycles. The number of hydrogen-bond donors (Lipinski definition) is 2. The van der Waals surface area contributed by atoms with Gasteiger partial charge in [-0.25, -0.2) is 4.98 Å². The Bertz CT molecular complexity index is 407. The highest BCUT2D eigenvalue weighted by Gasteiger charge is 2.18. The lowest BCUT2D eigenvalue weighted by Crippen LogP contribution is -2.38. The number of aromatic nitrogens is 1. The van der Waals surface area contributed by atoms with E-state index in [4.69, 9.17) is 5.73 Å². The summed E-state index contributed by atoms with van der Waals surface area (Å²) in [5, 5.41) is 3.37. The molecule has 0 saturated carbocycles. The molecule has 6 heteroatoms. The Labute approximate surface area is 111 Å². The Hall–Kier alpha value is -1.14. The van der Waals surface area contributed by atoms with E-state index in [2.05, 4.69) is 22.2 Å². The molecule has 18 heavy (non-hydrogen) atoms. The van der Waals surface area contributed by atoms with Crippen molar-refractivity contribution in [1.82, 2.24) is 15.2 Å². The second-order valence-corrected chi connectivity index (χ2v) is 5.80. The fourth-order valence-electron chi connectivity index (χ4n) is 2.34. The third-order valence-corrected chi connectivity index (χ3v) is 4.26. The van der Waals surface area contributed by atoms with E-state index in [1.807, 2.05) is 0 Å². The predicted octanol–water partition coefficient (Wildman–Crippen LogP) is 1.33. The van der Waals surface area contributed by atoms with Gasteiger partial charge in [-0.1, -0.05) is 17.8 Å². The third-order valence-electron chi connectivity index (χ3n) is 3.43. The smallest absolute Gasteiger partial charge is 0.263 e. The Morgan fingerprint density at radius 1 is 1.67 bits per heavy atom. The molecule has 100 valence electrons. The zero-order valence-electron chi connectivity index (χ0n) is 10.7. The second kappa shape index (κ2) is 6.15. The summed E-state index contributed by atoms with van der Waals surface area (Å²) in [6.07, 6.45) is 6.37. The molecule has 1 atom stereocenters. The molecule has 1 aliphatic heterocycles. The first-order valence-electron chi connectivity index (χ1n) is 6.36. The summed E-state index contributed by atoms with van der Waals surface area (Å²) in [4.78, 5) is 18.6. The van der Waals surface area contributed by atoms with Crippen molar-refractivity contribution in [2.45, 2.75) is 31.7 Å². The van der Waals surface area contributed by atoms with Gasteiger partial charge in [0.1, 0.15) is 4.88 Å². The lowest BCUT2D eigenvalue weighted by Gasteiger charge is -2.32. The van der Waals surface area contributed by atoms with Gasteiger partial charge in [0.05, 0.1) is 6.20 Å². The van der Waals surface area contributed by atoms with E-state index in [9.17, 15) is 4.79 Å². The molecule has 2 rings (SSSR count). The van der Waals surface area contributed by atoms with Crippen LogP contribution in [-0.4, -0.2) is 42.0 Å². The van der Waals surface area contributed by atoms with Gasteiger partial charge in [-0.3, -0.25) is 4.79 Å². The number of nitrogens with zero attached hydrogens (tertiary/aromatic N) is 2. The van der Waals surface area contributed by atoms with E-state index in [1.165, 1.54) is 43.3 Å². The average molecular weight is 268 g/mol. The molecule has 1 aliphatic rings. The zero-order valence-corrected chi connectivity index (χ0v) is 11.5. The van der Waals surface area contributed by atoms with E-state index >= 15 is 0 Å². The van der Waals surface area contributed by atoms with Gasteiger partial charge in [-0.05, 0) is 32.9 Å². The van der Waals surface area contributed by atoms with Crippen LogP contribution in [0, 0.1) is 0 Å². The Kier molecular flexibility index (Phi) is 4.54. The lowest BCUT2D eigenvalue weighted by atomic mass is 10.0. The number of nitrogens with one attached hydrogen (secondary N) is 1. The van der Waals surface area contributed by atoms with Crippen LogP contribution in [0.25, 0.3) is 0 Å². The standard InChI is InChI=1S/C12H20N4OS/c1-16-7-3-2-4-9(16)5-6-14-11(17)10-8-15-12(13)18-10/h8-9H,2-7H2,1H3,(H2,13,15)(H,14,17). The van der Waals surface area contributed by atoms with E-state index in [-0.39, 0.29) is 5.91 Å². The number of carbonyl (C=O) groups is 1. The first kappa shape index (κ1) is 13.3. The molecule has 3 N–H and O–H groups in total. The molecule has 1 aromatic rings. The van der Waals surface area contributed by atoms with Crippen molar-refractivity contribution >= 4 is 22.4 Å². The van der Waals surface area contributed by atoms with Crippen molar-refractivity contribution in [3.8, 4) is 0 Å². The predicted molar refractivity (Wildman–Crippen MR) is 73.7 cm³/mol. The number of nitrogens with two attached hydrogens (primary N) is 1. The summed E-state index contributed by atoms with van der Waals surface area (Å²) < 4.78 is 0. The summed E-state index contributed by atoms with van der Waals surface area (Å²) >= 11 is 1.23. The quantitative estimate of drug-likeness (QED) is 0.864. The minimum atomic E-state index is -0.0670. The molecule has 5 nitrogen and oxygen atoms in total. The number of piperidine rings is 1. The topological polar surface area (TPSA) is 71.2 Å². The van der Waals surface area contributed by atoms with Gasteiger partial charge in [-0.15, -0.1) is 0 Å². The van der Waals surface area contributed by atoms with Gasteiger partial charge in [0.15, 0.2) is 5.13 Å². The molecule has 0 radical (unpaired) electrons. The number of likely N-dealkylation sites (tertiary alicyclic amines) is 1. The number of hydrogen-bond acceptors (Lipinski definition) is 5. The van der Waals surface area contributed by atoms with E-state index < -0.39 is 0 Å². The molecule has 1 saturated heterocycles. The molecule has 1 aromatic heterocycles. The molecule has 1 unspecified atom stereocenters. The van der Waals surface area contributed by atoms with Crippen molar-refractivity contribution in [2.24, 2.45) is 0 Å². The van der Waals surface area contributed by atoms with Crippen LogP contribution in [0.15, 0.2) is 6.20 Å². The molecular formula is C12H20N4OS. The SMILES string of the molecule is CN1CCCCC1CCNC(=O)c1cnc(N)s1. The van der Waals surface area contributed by atoms with Crippen LogP contribution < -0.4 is 11.1 Å². The van der Waals surface area contributed by atoms with E-state index in [1.54, 1.807) is 0 Å². The Morgan fingerprint density at radius 3 is 3.17 bits per heavy atom. The van der Waals surface area contributed by atoms with E-state index in [0.29, 0.717) is 22.6 Å². The zero-order chi connectivity index (χ0) is 13.0. The van der Waals surface area contributed by atoms with Crippen LogP contribution in [-0.2, 0) is 0 Å². The summed E-state index contributed by atoms with van der Waals surface area (Å²) in [6, 6.07) is 0.602. The van der Waals surface area contributed by atoms with Gasteiger partial charge in [0, 0.05) is 12.6 Å². The molecule has 1 amide bonds. The van der Waals surface area contributed by atoms with Gasteiger partial charge in [-0.2, -0.15) is 0 Å². The van der Waals surface area contributed by atoms with Crippen molar-refractivity contribution in [3.63, 3.8) is 0 Å². The maximum absolute atomic E-state index is 11.8. The fraction of sp³-hybridized carbons (Fsp3) is 0.667. The number of carbonyl (C=O) groups excluding carboxylic acids is 1. The minimum Gasteiger partial charge on any atom is -0.375 e. The summed E-state index contributed by atoms with van der Waals surface area (Å²) in [5.74, 6) is -0.0670. The highest BCUT2D eigenvalue weighted by Crippen LogP contribution is 2.17. The van der Waals surface area contributed by atoms with Gasteiger partial charge >= 0.3 is 0 Å². The van der Waals surface area contributed by atoms with Crippen molar-refractivity contribution in [1.29, 1.82) is 0 Å². The van der Waals surface area contributed by atoms with Crippen LogP contribution >= 0.6 is 11.3 Å². The second-order valence-electron chi connectivity index (χ2n) is 4.74. The van der Waals surface area contributed by atoms with Crippen LogP contribution in [0.5, 0.6) is 0 Å². The Balaban J connectivity index is 1.73. The maximum Gasteiger partial charge on any atom is 0.263 e. The van der Waals surface area contributed by atoms with Crippen LogP contribution in [0.3, 0.4) is 0 Å². The molecule has 2 heterocycles. The average Bonchev–Trinajstić information content (AvgIpc) is 2.78. The normalized spacial score (nSPS) is 20.8. The first-order chi connectivity index (χ1) is 8.66. The fourth-order valence-corrected chi connectivity index (χ4v) is 2.94. The van der Waals surface area contributed by atoms with E-state index in [0.717, 1.165) is 6.42 Å². The maximum atomic E-state index is 11.8. The van der Waals surface area contributed by atoms with Gasteiger partial charge < -0.3 is 16.0 Å². The summed E-state index contributed by atoms with van der Waals surface area (Å²) in [5.41, 5.74) is 5.50. The van der Waals surface area contributed by atoms with Crippen molar-refractivity contribution in [3.05, 3.63) is 11.1 Å². The number of nitrogen functional groups attached to an aromatic ring is 1. The minimum absolute atomic E-state index is 0.0670. The van der Waals surface area contributed by atoms with Crippen molar-refractivity contribution in [2.75, 3.05) is 25.9 Å². The molecular weight excluding hydrogens is 248 g/mol. The van der Waals surface area contributed by atoms with Crippen molar-refractivity contribution < 1.29 is 4.79 Å². The number of rotatable bonds is 4. The number of thiazole rings is 1. The van der Waals surface area contributed by atoms with Crippen LogP contribution in [0.2, 0.25) is 0 Å². The molecule has 1 fully saturated rings. The number of anilines is 1. The molecule has 0 bridgehead atoms.